The minimum absolute atomic E-state index is 0.0646. The quantitative estimate of drug-likeness (QED) is 0.786. The molecule has 0 radical (unpaired) electrons. The molecular formula is C12H16N2O4. The number of aromatic carboxylic acids is 1. The van der Waals surface area contributed by atoms with Crippen molar-refractivity contribution in [3.05, 3.63) is 29.6 Å². The zero-order valence-corrected chi connectivity index (χ0v) is 10.3. The lowest BCUT2D eigenvalue weighted by Gasteiger charge is -2.12. The van der Waals surface area contributed by atoms with Gasteiger partial charge < -0.3 is 15.2 Å². The molecule has 1 aromatic heterocycles. The Morgan fingerprint density at radius 3 is 2.72 bits per heavy atom. The number of nitrogens with one attached hydrogen (secondary N) is 1. The number of amides is 1. The fourth-order valence-corrected chi connectivity index (χ4v) is 1.34. The molecule has 2 N–H and O–H groups in total. The van der Waals surface area contributed by atoms with Crippen molar-refractivity contribution in [3.63, 3.8) is 0 Å². The molecule has 0 fully saturated rings. The van der Waals surface area contributed by atoms with Gasteiger partial charge in [0.15, 0.2) is 0 Å². The highest BCUT2D eigenvalue weighted by Gasteiger charge is 2.10. The van der Waals surface area contributed by atoms with Gasteiger partial charge in [-0.25, -0.2) is 9.78 Å². The van der Waals surface area contributed by atoms with Gasteiger partial charge in [0.2, 0.25) is 0 Å². The largest absolute Gasteiger partial charge is 0.477 e. The van der Waals surface area contributed by atoms with E-state index in [4.69, 9.17) is 9.84 Å². The van der Waals surface area contributed by atoms with Crippen LogP contribution in [0.25, 0.3) is 0 Å². The van der Waals surface area contributed by atoms with Crippen molar-refractivity contribution < 1.29 is 19.4 Å². The van der Waals surface area contributed by atoms with E-state index < -0.39 is 5.97 Å². The number of hydrogen-bond acceptors (Lipinski definition) is 4. The minimum atomic E-state index is -1.12. The molecule has 0 aromatic carbocycles. The van der Waals surface area contributed by atoms with Gasteiger partial charge >= 0.3 is 5.97 Å². The maximum absolute atomic E-state index is 11.7. The zero-order valence-electron chi connectivity index (χ0n) is 10.3. The second kappa shape index (κ2) is 6.70. The number of carboxylic acids is 1. The van der Waals surface area contributed by atoms with Crippen LogP contribution in [0.1, 0.15) is 34.7 Å². The van der Waals surface area contributed by atoms with Gasteiger partial charge in [-0.15, -0.1) is 0 Å². The molecule has 0 aliphatic heterocycles. The Labute approximate surface area is 105 Å². The second-order valence-electron chi connectivity index (χ2n) is 3.71. The number of ether oxygens (including phenoxy) is 1. The van der Waals surface area contributed by atoms with Gasteiger partial charge in [0.1, 0.15) is 5.69 Å². The van der Waals surface area contributed by atoms with E-state index in [1.807, 2.05) is 13.8 Å². The Kier molecular flexibility index (Phi) is 5.26. The molecule has 18 heavy (non-hydrogen) atoms. The Morgan fingerprint density at radius 1 is 1.50 bits per heavy atom. The molecule has 1 amide bonds. The highest BCUT2D eigenvalue weighted by molar-refractivity contribution is 5.94. The molecular weight excluding hydrogens is 236 g/mol. The highest BCUT2D eigenvalue weighted by Crippen LogP contribution is 2.00. The van der Waals surface area contributed by atoms with E-state index in [2.05, 4.69) is 10.3 Å². The van der Waals surface area contributed by atoms with Crippen LogP contribution in [0, 0.1) is 0 Å². The Hall–Kier alpha value is -1.95. The van der Waals surface area contributed by atoms with E-state index in [1.54, 1.807) is 0 Å². The number of rotatable bonds is 6. The first kappa shape index (κ1) is 14.1. The molecule has 0 saturated carbocycles. The standard InChI is InChI=1S/C12H16N2O4/c1-3-18-8(2)6-14-11(15)9-4-5-10(12(16)17)13-7-9/h4-5,7-8H,3,6H2,1-2H3,(H,14,15)(H,16,17). The van der Waals surface area contributed by atoms with Gasteiger partial charge in [0, 0.05) is 19.3 Å². The van der Waals surface area contributed by atoms with E-state index in [-0.39, 0.29) is 17.7 Å². The predicted octanol–water partition coefficient (Wildman–Crippen LogP) is 0.935. The van der Waals surface area contributed by atoms with E-state index in [1.165, 1.54) is 18.3 Å². The number of hydrogen-bond donors (Lipinski definition) is 2. The van der Waals surface area contributed by atoms with Crippen LogP contribution in [0.15, 0.2) is 18.3 Å². The molecule has 6 heteroatoms. The number of carboxylic acid groups (broad SMARTS) is 1. The lowest BCUT2D eigenvalue weighted by Crippen LogP contribution is -2.32. The Morgan fingerprint density at radius 2 is 2.22 bits per heavy atom. The van der Waals surface area contributed by atoms with Crippen LogP contribution >= 0.6 is 0 Å². The van der Waals surface area contributed by atoms with Gasteiger partial charge in [0.25, 0.3) is 5.91 Å². The summed E-state index contributed by atoms with van der Waals surface area (Å²) in [5.41, 5.74) is 0.234. The number of aromatic nitrogens is 1. The molecule has 1 rings (SSSR count). The van der Waals surface area contributed by atoms with E-state index >= 15 is 0 Å². The first-order chi connectivity index (χ1) is 8.54. The maximum atomic E-state index is 11.7. The fraction of sp³-hybridized carbons (Fsp3) is 0.417. The van der Waals surface area contributed by atoms with Gasteiger partial charge in [-0.2, -0.15) is 0 Å². The van der Waals surface area contributed by atoms with Crippen LogP contribution in [0.3, 0.4) is 0 Å². The molecule has 0 saturated heterocycles. The summed E-state index contributed by atoms with van der Waals surface area (Å²) in [7, 11) is 0. The van der Waals surface area contributed by atoms with Gasteiger partial charge in [-0.05, 0) is 26.0 Å². The van der Waals surface area contributed by atoms with Crippen molar-refractivity contribution >= 4 is 11.9 Å². The Balaban J connectivity index is 2.54. The smallest absolute Gasteiger partial charge is 0.354 e. The van der Waals surface area contributed by atoms with Crippen molar-refractivity contribution in [2.45, 2.75) is 20.0 Å². The van der Waals surface area contributed by atoms with Crippen molar-refractivity contribution in [2.75, 3.05) is 13.2 Å². The number of nitrogens with zero attached hydrogens (tertiary/aromatic N) is 1. The lowest BCUT2D eigenvalue weighted by atomic mass is 10.2. The summed E-state index contributed by atoms with van der Waals surface area (Å²) in [5.74, 6) is -1.42. The molecule has 1 heterocycles. The molecule has 0 spiro atoms. The molecule has 0 bridgehead atoms. The van der Waals surface area contributed by atoms with Gasteiger partial charge in [-0.3, -0.25) is 4.79 Å². The van der Waals surface area contributed by atoms with E-state index in [0.717, 1.165) is 0 Å². The Bertz CT molecular complexity index is 417. The first-order valence-electron chi connectivity index (χ1n) is 5.63. The van der Waals surface area contributed by atoms with Crippen LogP contribution in [0.4, 0.5) is 0 Å². The molecule has 1 atom stereocenters. The maximum Gasteiger partial charge on any atom is 0.354 e. The van der Waals surface area contributed by atoms with Crippen molar-refractivity contribution in [2.24, 2.45) is 0 Å². The monoisotopic (exact) mass is 252 g/mol. The normalized spacial score (nSPS) is 11.9. The third kappa shape index (κ3) is 4.14. The second-order valence-corrected chi connectivity index (χ2v) is 3.71. The average Bonchev–Trinajstić information content (AvgIpc) is 2.36. The summed E-state index contributed by atoms with van der Waals surface area (Å²) >= 11 is 0. The van der Waals surface area contributed by atoms with Crippen LogP contribution in [-0.2, 0) is 4.74 Å². The molecule has 1 aromatic rings. The van der Waals surface area contributed by atoms with Crippen molar-refractivity contribution in [1.29, 1.82) is 0 Å². The average molecular weight is 252 g/mol. The summed E-state index contributed by atoms with van der Waals surface area (Å²) in [6.45, 7) is 4.72. The van der Waals surface area contributed by atoms with Gasteiger partial charge in [-0.1, -0.05) is 0 Å². The number of carbonyl (C=O) groups excluding carboxylic acids is 1. The van der Waals surface area contributed by atoms with Crippen LogP contribution in [0.5, 0.6) is 0 Å². The number of carbonyl (C=O) groups is 2. The summed E-state index contributed by atoms with van der Waals surface area (Å²) in [6.07, 6.45) is 1.18. The third-order valence-electron chi connectivity index (χ3n) is 2.25. The summed E-state index contributed by atoms with van der Waals surface area (Å²) in [4.78, 5) is 25.9. The highest BCUT2D eigenvalue weighted by atomic mass is 16.5. The van der Waals surface area contributed by atoms with Gasteiger partial charge in [0.05, 0.1) is 11.7 Å². The predicted molar refractivity (Wildman–Crippen MR) is 64.6 cm³/mol. The van der Waals surface area contributed by atoms with Crippen molar-refractivity contribution in [3.8, 4) is 0 Å². The zero-order chi connectivity index (χ0) is 13.5. The van der Waals surface area contributed by atoms with Crippen LogP contribution in [-0.4, -0.2) is 41.2 Å². The summed E-state index contributed by atoms with van der Waals surface area (Å²) < 4.78 is 5.27. The van der Waals surface area contributed by atoms with Crippen LogP contribution < -0.4 is 5.32 Å². The number of pyridine rings is 1. The lowest BCUT2D eigenvalue weighted by molar-refractivity contribution is 0.0687. The molecule has 0 aliphatic carbocycles. The topological polar surface area (TPSA) is 88.5 Å². The molecule has 0 aliphatic rings. The molecule has 98 valence electrons. The summed E-state index contributed by atoms with van der Waals surface area (Å²) in [5, 5.41) is 11.4. The third-order valence-corrected chi connectivity index (χ3v) is 2.25. The SMILES string of the molecule is CCOC(C)CNC(=O)c1ccc(C(=O)O)nc1. The molecule has 1 unspecified atom stereocenters. The van der Waals surface area contributed by atoms with E-state index in [9.17, 15) is 9.59 Å². The van der Waals surface area contributed by atoms with E-state index in [0.29, 0.717) is 18.7 Å². The first-order valence-corrected chi connectivity index (χ1v) is 5.63. The fourth-order valence-electron chi connectivity index (χ4n) is 1.34. The minimum Gasteiger partial charge on any atom is -0.477 e. The van der Waals surface area contributed by atoms with Crippen LogP contribution in [0.2, 0.25) is 0 Å². The van der Waals surface area contributed by atoms with Crippen molar-refractivity contribution in [1.82, 2.24) is 10.3 Å². The molecule has 6 nitrogen and oxygen atoms in total. The summed E-state index contributed by atoms with van der Waals surface area (Å²) in [6, 6.07) is 2.72.